The van der Waals surface area contributed by atoms with Crippen molar-refractivity contribution in [1.29, 1.82) is 0 Å². The quantitative estimate of drug-likeness (QED) is 0.733. The standard InChI is InChI=1S/C10H10BrNO2.C2H6/c1-12-8-6-7(11)2-3-9(8)14-5-4-10(12)13;1-2/h2-3,6H,4-5H2,1H3;1-2H3. The third-order valence-corrected chi connectivity index (χ3v) is 2.72. The largest absolute Gasteiger partial charge is 0.491 e. The second-order valence-corrected chi connectivity index (χ2v) is 4.08. The van der Waals surface area contributed by atoms with Crippen LogP contribution >= 0.6 is 15.9 Å². The molecule has 1 heterocycles. The molecule has 0 radical (unpaired) electrons. The van der Waals surface area contributed by atoms with Gasteiger partial charge in [0.05, 0.1) is 18.7 Å². The molecule has 1 aliphatic rings. The highest BCUT2D eigenvalue weighted by molar-refractivity contribution is 9.10. The molecule has 0 N–H and O–H groups in total. The fourth-order valence-corrected chi connectivity index (χ4v) is 1.77. The molecule has 0 aromatic heterocycles. The van der Waals surface area contributed by atoms with E-state index in [0.29, 0.717) is 13.0 Å². The Hall–Kier alpha value is -1.03. The van der Waals surface area contributed by atoms with E-state index < -0.39 is 0 Å². The van der Waals surface area contributed by atoms with E-state index in [-0.39, 0.29) is 5.91 Å². The second-order valence-electron chi connectivity index (χ2n) is 3.16. The summed E-state index contributed by atoms with van der Waals surface area (Å²) >= 11 is 3.37. The van der Waals surface area contributed by atoms with E-state index in [1.165, 1.54) is 0 Å². The van der Waals surface area contributed by atoms with Crippen LogP contribution in [-0.4, -0.2) is 19.6 Å². The van der Waals surface area contributed by atoms with E-state index in [0.717, 1.165) is 15.9 Å². The maximum absolute atomic E-state index is 11.5. The van der Waals surface area contributed by atoms with Crippen LogP contribution in [0.2, 0.25) is 0 Å². The van der Waals surface area contributed by atoms with Crippen molar-refractivity contribution in [3.8, 4) is 5.75 Å². The van der Waals surface area contributed by atoms with E-state index >= 15 is 0 Å². The lowest BCUT2D eigenvalue weighted by Gasteiger charge is -2.16. The highest BCUT2D eigenvalue weighted by Crippen LogP contribution is 2.32. The number of anilines is 1. The molecule has 0 bridgehead atoms. The lowest BCUT2D eigenvalue weighted by molar-refractivity contribution is -0.118. The van der Waals surface area contributed by atoms with Crippen LogP contribution in [0.3, 0.4) is 0 Å². The maximum Gasteiger partial charge on any atom is 0.230 e. The van der Waals surface area contributed by atoms with E-state index in [4.69, 9.17) is 4.74 Å². The van der Waals surface area contributed by atoms with Crippen LogP contribution < -0.4 is 9.64 Å². The predicted molar refractivity (Wildman–Crippen MR) is 69.0 cm³/mol. The molecule has 0 saturated carbocycles. The Balaban J connectivity index is 0.000000606. The molecule has 0 fully saturated rings. The maximum atomic E-state index is 11.5. The minimum absolute atomic E-state index is 0.0850. The average Bonchev–Trinajstić information content (AvgIpc) is 2.44. The van der Waals surface area contributed by atoms with Crippen molar-refractivity contribution >= 4 is 27.5 Å². The third-order valence-electron chi connectivity index (χ3n) is 2.23. The molecule has 3 nitrogen and oxygen atoms in total. The highest BCUT2D eigenvalue weighted by atomic mass is 79.9. The van der Waals surface area contributed by atoms with Gasteiger partial charge in [0.1, 0.15) is 5.75 Å². The molecule has 2 rings (SSSR count). The molecule has 88 valence electrons. The summed E-state index contributed by atoms with van der Waals surface area (Å²) in [6.07, 6.45) is 0.433. The van der Waals surface area contributed by atoms with Crippen LogP contribution in [0.5, 0.6) is 5.75 Å². The van der Waals surface area contributed by atoms with Crippen molar-refractivity contribution in [2.45, 2.75) is 20.3 Å². The van der Waals surface area contributed by atoms with Crippen LogP contribution in [0.15, 0.2) is 22.7 Å². The molecular formula is C12H16BrNO2. The van der Waals surface area contributed by atoms with E-state index in [1.54, 1.807) is 11.9 Å². The van der Waals surface area contributed by atoms with Gasteiger partial charge in [-0.05, 0) is 18.2 Å². The number of amides is 1. The number of carbonyl (C=O) groups is 1. The number of nitrogens with zero attached hydrogens (tertiary/aromatic N) is 1. The summed E-state index contributed by atoms with van der Waals surface area (Å²) in [5, 5.41) is 0. The van der Waals surface area contributed by atoms with Crippen molar-refractivity contribution < 1.29 is 9.53 Å². The number of rotatable bonds is 0. The van der Waals surface area contributed by atoms with Crippen LogP contribution in [-0.2, 0) is 4.79 Å². The molecule has 0 aliphatic carbocycles. The van der Waals surface area contributed by atoms with Gasteiger partial charge in [0.2, 0.25) is 5.91 Å². The number of carbonyl (C=O) groups excluding carboxylic acids is 1. The Morgan fingerprint density at radius 2 is 2.06 bits per heavy atom. The van der Waals surface area contributed by atoms with Crippen molar-refractivity contribution in [2.75, 3.05) is 18.6 Å². The molecule has 1 aliphatic heterocycles. The zero-order valence-electron chi connectivity index (χ0n) is 9.79. The van der Waals surface area contributed by atoms with Gasteiger partial charge in [-0.25, -0.2) is 0 Å². The number of ether oxygens (including phenoxy) is 1. The summed E-state index contributed by atoms with van der Waals surface area (Å²) in [4.78, 5) is 13.2. The van der Waals surface area contributed by atoms with Crippen molar-refractivity contribution in [1.82, 2.24) is 0 Å². The van der Waals surface area contributed by atoms with Crippen LogP contribution in [0, 0.1) is 0 Å². The fraction of sp³-hybridized carbons (Fsp3) is 0.417. The van der Waals surface area contributed by atoms with Gasteiger partial charge in [-0.2, -0.15) is 0 Å². The SMILES string of the molecule is CC.CN1C(=O)CCOc2ccc(Br)cc21. The summed E-state index contributed by atoms with van der Waals surface area (Å²) in [6.45, 7) is 4.46. The van der Waals surface area contributed by atoms with E-state index in [9.17, 15) is 4.79 Å². The Labute approximate surface area is 105 Å². The Morgan fingerprint density at radius 3 is 2.75 bits per heavy atom. The summed E-state index contributed by atoms with van der Waals surface area (Å²) in [6, 6.07) is 5.66. The number of hydrogen-bond acceptors (Lipinski definition) is 2. The molecule has 4 heteroatoms. The third kappa shape index (κ3) is 2.76. The first-order valence-electron chi connectivity index (χ1n) is 5.37. The Bertz CT molecular complexity index is 379. The Kier molecular flexibility index (Phi) is 4.80. The van der Waals surface area contributed by atoms with Gasteiger partial charge in [0, 0.05) is 11.5 Å². The summed E-state index contributed by atoms with van der Waals surface area (Å²) < 4.78 is 6.41. The van der Waals surface area contributed by atoms with Gasteiger partial charge >= 0.3 is 0 Å². The van der Waals surface area contributed by atoms with Crippen LogP contribution in [0.1, 0.15) is 20.3 Å². The van der Waals surface area contributed by atoms with Crippen LogP contribution in [0.25, 0.3) is 0 Å². The number of benzene rings is 1. The first-order chi connectivity index (χ1) is 7.68. The van der Waals surface area contributed by atoms with Crippen LogP contribution in [0.4, 0.5) is 5.69 Å². The lowest BCUT2D eigenvalue weighted by atomic mass is 10.2. The minimum Gasteiger partial charge on any atom is -0.491 e. The normalized spacial score (nSPS) is 14.2. The van der Waals surface area contributed by atoms with E-state index in [2.05, 4.69) is 15.9 Å². The van der Waals surface area contributed by atoms with Crippen molar-refractivity contribution in [2.24, 2.45) is 0 Å². The van der Waals surface area contributed by atoms with Crippen molar-refractivity contribution in [3.63, 3.8) is 0 Å². The summed E-state index contributed by atoms with van der Waals surface area (Å²) in [5.74, 6) is 0.850. The summed E-state index contributed by atoms with van der Waals surface area (Å²) in [5.41, 5.74) is 0.821. The zero-order chi connectivity index (χ0) is 12.1. The molecule has 0 spiro atoms. The highest BCUT2D eigenvalue weighted by Gasteiger charge is 2.19. The monoisotopic (exact) mass is 285 g/mol. The molecule has 0 saturated heterocycles. The number of halogens is 1. The van der Waals surface area contributed by atoms with Gasteiger partial charge in [-0.1, -0.05) is 29.8 Å². The second kappa shape index (κ2) is 5.89. The number of hydrogen-bond donors (Lipinski definition) is 0. The molecule has 0 unspecified atom stereocenters. The number of fused-ring (bicyclic) bond motifs is 1. The first kappa shape index (κ1) is 13.0. The van der Waals surface area contributed by atoms with Gasteiger partial charge in [0.25, 0.3) is 0 Å². The Morgan fingerprint density at radius 1 is 1.38 bits per heavy atom. The summed E-state index contributed by atoms with van der Waals surface area (Å²) in [7, 11) is 1.77. The molecular weight excluding hydrogens is 270 g/mol. The smallest absolute Gasteiger partial charge is 0.230 e. The van der Waals surface area contributed by atoms with Gasteiger partial charge in [0.15, 0.2) is 0 Å². The van der Waals surface area contributed by atoms with Gasteiger partial charge in [-0.15, -0.1) is 0 Å². The molecule has 16 heavy (non-hydrogen) atoms. The van der Waals surface area contributed by atoms with E-state index in [1.807, 2.05) is 32.0 Å². The minimum atomic E-state index is 0.0850. The topological polar surface area (TPSA) is 29.5 Å². The molecule has 0 atom stereocenters. The fourth-order valence-electron chi connectivity index (χ4n) is 1.43. The predicted octanol–water partition coefficient (Wildman–Crippen LogP) is 3.22. The van der Waals surface area contributed by atoms with Gasteiger partial charge in [-0.3, -0.25) is 4.79 Å². The lowest BCUT2D eigenvalue weighted by Crippen LogP contribution is -2.25. The molecule has 1 amide bonds. The molecule has 1 aromatic rings. The van der Waals surface area contributed by atoms with Gasteiger partial charge < -0.3 is 9.64 Å². The zero-order valence-corrected chi connectivity index (χ0v) is 11.4. The van der Waals surface area contributed by atoms with Crippen molar-refractivity contribution in [3.05, 3.63) is 22.7 Å². The average molecular weight is 286 g/mol. The first-order valence-corrected chi connectivity index (χ1v) is 6.16. The molecule has 1 aromatic carbocycles.